The molecule has 240 valence electrons. The Kier molecular flexibility index (Phi) is 12.8. The summed E-state index contributed by atoms with van der Waals surface area (Å²) in [6.07, 6.45) is 9.10. The van der Waals surface area contributed by atoms with Gasteiger partial charge in [0.05, 0.1) is 22.2 Å². The second-order valence-electron chi connectivity index (χ2n) is 12.0. The molecule has 4 rings (SSSR count). The highest BCUT2D eigenvalue weighted by molar-refractivity contribution is 8.24. The van der Waals surface area contributed by atoms with Crippen molar-refractivity contribution in [3.05, 3.63) is 57.3 Å². The number of ether oxygens (including phenoxy) is 2. The number of carbonyl (C=O) groups is 3. The summed E-state index contributed by atoms with van der Waals surface area (Å²) in [4.78, 5) is 42.1. The zero-order chi connectivity index (χ0) is 32.5. The van der Waals surface area contributed by atoms with E-state index in [2.05, 4.69) is 26.8 Å². The average molecular weight is 648 g/mol. The van der Waals surface area contributed by atoms with Gasteiger partial charge in [-0.05, 0) is 80.3 Å². The van der Waals surface area contributed by atoms with Gasteiger partial charge in [0.25, 0.3) is 0 Å². The van der Waals surface area contributed by atoms with Crippen LogP contribution in [0.25, 0.3) is 0 Å². The Morgan fingerprint density at radius 1 is 0.889 bits per heavy atom. The first kappa shape index (κ1) is 34.8. The fourth-order valence-electron chi connectivity index (χ4n) is 6.16. The first-order valence-electron chi connectivity index (χ1n) is 16.4. The summed E-state index contributed by atoms with van der Waals surface area (Å²) in [6, 6.07) is 12.7. The van der Waals surface area contributed by atoms with Crippen molar-refractivity contribution in [1.29, 1.82) is 5.26 Å². The third-order valence-corrected chi connectivity index (χ3v) is 11.8. The monoisotopic (exact) mass is 647 g/mol. The lowest BCUT2D eigenvalue weighted by Crippen LogP contribution is -2.35. The Morgan fingerprint density at radius 2 is 1.53 bits per heavy atom. The average Bonchev–Trinajstić information content (AvgIpc) is 3.48. The summed E-state index contributed by atoms with van der Waals surface area (Å²) >= 11 is 2.70. The summed E-state index contributed by atoms with van der Waals surface area (Å²) in [5, 5.41) is 10.2. The van der Waals surface area contributed by atoms with Crippen LogP contribution in [0.15, 0.2) is 56.0 Å². The van der Waals surface area contributed by atoms with Crippen LogP contribution in [0, 0.1) is 29.1 Å². The normalized spacial score (nSPS) is 19.5. The summed E-state index contributed by atoms with van der Waals surface area (Å²) in [6.45, 7) is 8.37. The van der Waals surface area contributed by atoms with Gasteiger partial charge in [0.15, 0.2) is 0 Å². The second-order valence-corrected chi connectivity index (χ2v) is 14.3. The van der Waals surface area contributed by atoms with Gasteiger partial charge in [-0.15, -0.1) is 0 Å². The smallest absolute Gasteiger partial charge is 0.314 e. The van der Waals surface area contributed by atoms with E-state index >= 15 is 0 Å². The number of unbranched alkanes of at least 4 members (excludes halogenated alkanes) is 2. The van der Waals surface area contributed by atoms with E-state index < -0.39 is 0 Å². The molecule has 4 unspecified atom stereocenters. The lowest BCUT2D eigenvalue weighted by molar-refractivity contribution is -0.139. The van der Waals surface area contributed by atoms with Crippen LogP contribution in [0.2, 0.25) is 0 Å². The van der Waals surface area contributed by atoms with Crippen LogP contribution in [0.4, 0.5) is 0 Å². The molecule has 4 atom stereocenters. The maximum atomic E-state index is 13.7. The van der Waals surface area contributed by atoms with Crippen LogP contribution in [0.1, 0.15) is 114 Å². The van der Waals surface area contributed by atoms with Crippen LogP contribution in [-0.4, -0.2) is 24.6 Å². The van der Waals surface area contributed by atoms with Crippen LogP contribution in [-0.2, 0) is 9.59 Å². The van der Waals surface area contributed by atoms with E-state index in [1.54, 1.807) is 31.4 Å². The predicted molar refractivity (Wildman–Crippen MR) is 181 cm³/mol. The third kappa shape index (κ3) is 7.86. The molecule has 0 saturated heterocycles. The van der Waals surface area contributed by atoms with Gasteiger partial charge < -0.3 is 9.47 Å². The summed E-state index contributed by atoms with van der Waals surface area (Å²) in [5.74, 6) is 0.712. The fourth-order valence-corrected chi connectivity index (χ4v) is 8.88. The van der Waals surface area contributed by atoms with Gasteiger partial charge >= 0.3 is 5.97 Å². The molecule has 0 aromatic heterocycles. The molecule has 8 heteroatoms. The molecule has 6 nitrogen and oxygen atoms in total. The SMILES string of the molecule is CCCCC(CC)C(=O)Oc1ccc(C2CCC2C(=O)C(CC)CCCC)c2c1S/C(=C(/C#N)C(=O)c1ccc(OC)cc1)S2. The molecule has 1 heterocycles. The van der Waals surface area contributed by atoms with Crippen molar-refractivity contribution in [3.8, 4) is 17.6 Å². The minimum Gasteiger partial charge on any atom is -0.497 e. The van der Waals surface area contributed by atoms with Gasteiger partial charge in [-0.3, -0.25) is 14.4 Å². The summed E-state index contributed by atoms with van der Waals surface area (Å²) in [5.41, 5.74) is 1.49. The Morgan fingerprint density at radius 3 is 2.09 bits per heavy atom. The largest absolute Gasteiger partial charge is 0.497 e. The van der Waals surface area contributed by atoms with Crippen molar-refractivity contribution in [1.82, 2.24) is 0 Å². The predicted octanol–water partition coefficient (Wildman–Crippen LogP) is 9.91. The number of nitriles is 1. The standard InChI is InChI=1S/C37H45NO5S2/c1-6-10-12-23(8-3)32(39)28-19-18-27(28)29-20-21-31(43-36(41)24(9-4)13-11-7-2)35-34(29)44-37(45-35)30(22-38)33(40)25-14-16-26(42-5)17-15-25/h14-17,20-21,23-24,27-28H,6-13,18-19H2,1-5H3/b37-30-. The molecular formula is C37H45NO5S2. The number of methoxy groups -OCH3 is 1. The van der Waals surface area contributed by atoms with Gasteiger partial charge in [0, 0.05) is 22.3 Å². The van der Waals surface area contributed by atoms with Crippen molar-refractivity contribution in [2.45, 2.75) is 108 Å². The first-order valence-corrected chi connectivity index (χ1v) is 18.1. The van der Waals surface area contributed by atoms with Gasteiger partial charge in [-0.2, -0.15) is 5.26 Å². The van der Waals surface area contributed by atoms with E-state index in [4.69, 9.17) is 9.47 Å². The molecule has 1 saturated carbocycles. The zero-order valence-electron chi connectivity index (χ0n) is 27.1. The van der Waals surface area contributed by atoms with Crippen molar-refractivity contribution in [3.63, 3.8) is 0 Å². The number of nitrogens with zero attached hydrogens (tertiary/aromatic N) is 1. The van der Waals surface area contributed by atoms with Crippen molar-refractivity contribution in [2.24, 2.45) is 17.8 Å². The zero-order valence-corrected chi connectivity index (χ0v) is 28.8. The lowest BCUT2D eigenvalue weighted by atomic mass is 9.65. The molecule has 1 fully saturated rings. The molecule has 1 aliphatic carbocycles. The Bertz CT molecular complexity index is 1460. The maximum absolute atomic E-state index is 13.7. The molecule has 45 heavy (non-hydrogen) atoms. The quantitative estimate of drug-likeness (QED) is 0.0584. The van der Waals surface area contributed by atoms with E-state index in [0.717, 1.165) is 73.1 Å². The highest BCUT2D eigenvalue weighted by atomic mass is 32.2. The van der Waals surface area contributed by atoms with Gasteiger partial charge in [-0.25, -0.2) is 0 Å². The molecule has 0 amide bonds. The van der Waals surface area contributed by atoms with Crippen LogP contribution in [0.5, 0.6) is 11.5 Å². The third-order valence-electron chi connectivity index (χ3n) is 9.17. The number of Topliss-reactive ketones (excluding diaryl/α,β-unsaturated/α-hetero) is 2. The number of benzene rings is 2. The molecule has 0 radical (unpaired) electrons. The molecule has 2 aromatic carbocycles. The summed E-state index contributed by atoms with van der Waals surface area (Å²) in [7, 11) is 1.56. The van der Waals surface area contributed by atoms with E-state index in [1.807, 2.05) is 19.1 Å². The number of rotatable bonds is 16. The van der Waals surface area contributed by atoms with Crippen LogP contribution < -0.4 is 9.47 Å². The van der Waals surface area contributed by atoms with E-state index in [-0.39, 0.29) is 41.0 Å². The molecular weight excluding hydrogens is 603 g/mol. The van der Waals surface area contributed by atoms with Gasteiger partial charge in [-0.1, -0.05) is 83.0 Å². The first-order chi connectivity index (χ1) is 21.8. The van der Waals surface area contributed by atoms with Gasteiger partial charge in [0.1, 0.15) is 28.9 Å². The molecule has 0 bridgehead atoms. The minimum absolute atomic E-state index is 0.0437. The van der Waals surface area contributed by atoms with Crippen LogP contribution >= 0.6 is 23.5 Å². The van der Waals surface area contributed by atoms with Crippen molar-refractivity contribution >= 4 is 41.1 Å². The number of allylic oxidation sites excluding steroid dienone is 1. The molecule has 1 aliphatic heterocycles. The highest BCUT2D eigenvalue weighted by Crippen LogP contribution is 2.60. The number of esters is 1. The van der Waals surface area contributed by atoms with E-state index in [0.29, 0.717) is 33.5 Å². The number of fused-ring (bicyclic) bond motifs is 1. The van der Waals surface area contributed by atoms with Crippen molar-refractivity contribution in [2.75, 3.05) is 7.11 Å². The lowest BCUT2D eigenvalue weighted by Gasteiger charge is -2.38. The Labute approximate surface area is 276 Å². The minimum atomic E-state index is -0.368. The summed E-state index contributed by atoms with van der Waals surface area (Å²) < 4.78 is 11.8. The number of thioether (sulfide) groups is 2. The molecule has 0 spiro atoms. The highest BCUT2D eigenvalue weighted by Gasteiger charge is 2.42. The number of carbonyl (C=O) groups excluding carboxylic acids is 3. The van der Waals surface area contributed by atoms with E-state index in [1.165, 1.54) is 23.5 Å². The maximum Gasteiger partial charge on any atom is 0.314 e. The van der Waals surface area contributed by atoms with E-state index in [9.17, 15) is 19.6 Å². The van der Waals surface area contributed by atoms with Crippen molar-refractivity contribution < 1.29 is 23.9 Å². The Hall–Kier alpha value is -3.02. The number of ketones is 2. The molecule has 0 N–H and O–H groups in total. The fraction of sp³-hybridized carbons (Fsp3) is 0.514. The van der Waals surface area contributed by atoms with Crippen LogP contribution in [0.3, 0.4) is 0 Å². The second kappa shape index (κ2) is 16.5. The number of hydrogen-bond donors (Lipinski definition) is 0. The topological polar surface area (TPSA) is 93.5 Å². The Balaban J connectivity index is 1.71. The number of hydrogen-bond acceptors (Lipinski definition) is 8. The van der Waals surface area contributed by atoms with Gasteiger partial charge in [0.2, 0.25) is 5.78 Å². The molecule has 2 aromatic rings. The molecule has 2 aliphatic rings.